The maximum Gasteiger partial charge on any atom is 0.368 e. The molecular formula is C9H13F2N2O3-. The third-order valence-electron chi connectivity index (χ3n) is 3.08. The number of likely N-dealkylation sites (tertiary alicyclic amines) is 1. The molecule has 2 aliphatic rings. The largest absolute Gasteiger partial charge is 0.530 e. The molecule has 0 aliphatic carbocycles. The number of carbonyl (C=O) groups excluding carboxylic acids is 1. The molecule has 2 heterocycles. The third-order valence-corrected chi connectivity index (χ3v) is 3.08. The Morgan fingerprint density at radius 2 is 1.94 bits per heavy atom. The van der Waals surface area contributed by atoms with Crippen LogP contribution in [0.3, 0.4) is 0 Å². The number of nitrogens with one attached hydrogen (secondary N) is 1. The number of piperidine rings is 1. The molecule has 92 valence electrons. The molecule has 0 aromatic carbocycles. The van der Waals surface area contributed by atoms with Crippen LogP contribution >= 0.6 is 0 Å². The van der Waals surface area contributed by atoms with Crippen LogP contribution in [0.4, 0.5) is 13.6 Å². The van der Waals surface area contributed by atoms with Gasteiger partial charge in [0.15, 0.2) is 0 Å². The molecule has 0 unspecified atom stereocenters. The smallest absolute Gasteiger partial charge is 0.368 e. The standard InChI is InChI=1S/C9H14F2N2O3/c10-9(11)6-12-5-8(16-9)1-3-13(4-2-8)7(14)15/h12H,1-6H2,(H,14,15)/p-1. The topological polar surface area (TPSA) is 64.6 Å². The van der Waals surface area contributed by atoms with Crippen LogP contribution in [0.15, 0.2) is 0 Å². The fraction of sp³-hybridized carbons (Fsp3) is 0.889. The van der Waals surface area contributed by atoms with Gasteiger partial charge in [0.2, 0.25) is 0 Å². The number of hydrogen-bond acceptors (Lipinski definition) is 4. The summed E-state index contributed by atoms with van der Waals surface area (Å²) < 4.78 is 30.9. The van der Waals surface area contributed by atoms with Crippen LogP contribution in [0.25, 0.3) is 0 Å². The third kappa shape index (κ3) is 2.25. The highest BCUT2D eigenvalue weighted by molar-refractivity contribution is 5.62. The molecule has 5 nitrogen and oxygen atoms in total. The second-order valence-corrected chi connectivity index (χ2v) is 4.28. The van der Waals surface area contributed by atoms with E-state index in [-0.39, 0.29) is 25.9 Å². The van der Waals surface area contributed by atoms with E-state index in [0.717, 1.165) is 4.90 Å². The van der Waals surface area contributed by atoms with Gasteiger partial charge in [0, 0.05) is 19.6 Å². The summed E-state index contributed by atoms with van der Waals surface area (Å²) in [5, 5.41) is 13.2. The molecule has 0 atom stereocenters. The molecule has 0 bridgehead atoms. The molecule has 16 heavy (non-hydrogen) atoms. The van der Waals surface area contributed by atoms with Crippen molar-refractivity contribution in [1.82, 2.24) is 10.2 Å². The van der Waals surface area contributed by atoms with Crippen molar-refractivity contribution in [3.8, 4) is 0 Å². The molecule has 0 aromatic rings. The van der Waals surface area contributed by atoms with Gasteiger partial charge in [-0.1, -0.05) is 0 Å². The molecule has 1 amide bonds. The zero-order chi connectivity index (χ0) is 11.8. The van der Waals surface area contributed by atoms with E-state index in [9.17, 15) is 18.7 Å². The number of rotatable bonds is 0. The van der Waals surface area contributed by atoms with Crippen molar-refractivity contribution in [2.45, 2.75) is 24.6 Å². The molecular weight excluding hydrogens is 222 g/mol. The summed E-state index contributed by atoms with van der Waals surface area (Å²) >= 11 is 0. The number of carbonyl (C=O) groups is 1. The SMILES string of the molecule is O=C([O-])N1CCC2(CC1)CNCC(F)(F)O2. The predicted octanol–water partition coefficient (Wildman–Crippen LogP) is -0.623. The van der Waals surface area contributed by atoms with Crippen molar-refractivity contribution >= 4 is 6.09 Å². The average Bonchev–Trinajstić information content (AvgIpc) is 2.16. The Labute approximate surface area is 91.4 Å². The van der Waals surface area contributed by atoms with E-state index in [1.807, 2.05) is 0 Å². The number of alkyl halides is 2. The summed E-state index contributed by atoms with van der Waals surface area (Å²) in [4.78, 5) is 11.7. The summed E-state index contributed by atoms with van der Waals surface area (Å²) in [5.74, 6) is 0. The molecule has 0 aromatic heterocycles. The second kappa shape index (κ2) is 3.81. The zero-order valence-electron chi connectivity index (χ0n) is 8.67. The number of ether oxygens (including phenoxy) is 1. The number of nitrogens with zero attached hydrogens (tertiary/aromatic N) is 1. The maximum absolute atomic E-state index is 13.1. The van der Waals surface area contributed by atoms with Crippen LogP contribution < -0.4 is 10.4 Å². The van der Waals surface area contributed by atoms with Crippen LogP contribution in [0, 0.1) is 0 Å². The van der Waals surface area contributed by atoms with E-state index in [1.165, 1.54) is 0 Å². The first-order chi connectivity index (χ1) is 7.43. The average molecular weight is 235 g/mol. The quantitative estimate of drug-likeness (QED) is 0.607. The normalized spacial score (nSPS) is 28.0. The Bertz CT molecular complexity index is 290. The van der Waals surface area contributed by atoms with E-state index in [1.54, 1.807) is 0 Å². The number of halogens is 2. The molecule has 7 heteroatoms. The summed E-state index contributed by atoms with van der Waals surface area (Å²) in [6.07, 6.45) is -3.89. The molecule has 0 radical (unpaired) electrons. The molecule has 2 fully saturated rings. The first-order valence-electron chi connectivity index (χ1n) is 5.17. The van der Waals surface area contributed by atoms with Crippen LogP contribution in [-0.4, -0.2) is 48.9 Å². The lowest BCUT2D eigenvalue weighted by Crippen LogP contribution is -2.61. The highest BCUT2D eigenvalue weighted by Crippen LogP contribution is 2.34. The lowest BCUT2D eigenvalue weighted by Gasteiger charge is -2.46. The minimum atomic E-state index is -3.16. The highest BCUT2D eigenvalue weighted by Gasteiger charge is 2.47. The Morgan fingerprint density at radius 3 is 2.44 bits per heavy atom. The Hall–Kier alpha value is -0.950. The molecule has 0 saturated carbocycles. The van der Waals surface area contributed by atoms with E-state index >= 15 is 0 Å². The van der Waals surface area contributed by atoms with Crippen LogP contribution in [0.1, 0.15) is 12.8 Å². The Morgan fingerprint density at radius 1 is 1.31 bits per heavy atom. The van der Waals surface area contributed by atoms with Crippen LogP contribution in [0.5, 0.6) is 0 Å². The van der Waals surface area contributed by atoms with Gasteiger partial charge in [-0.05, 0) is 12.8 Å². The van der Waals surface area contributed by atoms with Gasteiger partial charge in [-0.3, -0.25) is 0 Å². The molecule has 2 saturated heterocycles. The van der Waals surface area contributed by atoms with Crippen molar-refractivity contribution in [3.05, 3.63) is 0 Å². The molecule has 1 N–H and O–H groups in total. The van der Waals surface area contributed by atoms with Crippen molar-refractivity contribution in [3.63, 3.8) is 0 Å². The van der Waals surface area contributed by atoms with Gasteiger partial charge in [0.05, 0.1) is 12.1 Å². The minimum absolute atomic E-state index is 0.181. The van der Waals surface area contributed by atoms with E-state index in [0.29, 0.717) is 6.54 Å². The second-order valence-electron chi connectivity index (χ2n) is 4.28. The summed E-state index contributed by atoms with van der Waals surface area (Å²) in [7, 11) is 0. The fourth-order valence-electron chi connectivity index (χ4n) is 2.20. The fourth-order valence-corrected chi connectivity index (χ4v) is 2.20. The monoisotopic (exact) mass is 235 g/mol. The van der Waals surface area contributed by atoms with E-state index in [2.05, 4.69) is 5.32 Å². The van der Waals surface area contributed by atoms with E-state index in [4.69, 9.17) is 4.74 Å². The lowest BCUT2D eigenvalue weighted by atomic mass is 9.90. The number of carboxylic acid groups (broad SMARTS) is 1. The van der Waals surface area contributed by atoms with Gasteiger partial charge in [0.25, 0.3) is 0 Å². The minimum Gasteiger partial charge on any atom is -0.530 e. The lowest BCUT2D eigenvalue weighted by molar-refractivity contribution is -0.318. The van der Waals surface area contributed by atoms with Gasteiger partial charge >= 0.3 is 6.11 Å². The van der Waals surface area contributed by atoms with Gasteiger partial charge < -0.3 is 24.9 Å². The van der Waals surface area contributed by atoms with Gasteiger partial charge in [-0.2, -0.15) is 8.78 Å². The summed E-state index contributed by atoms with van der Waals surface area (Å²) in [6.45, 7) is 0.211. The summed E-state index contributed by atoms with van der Waals surface area (Å²) in [6, 6.07) is 0. The highest BCUT2D eigenvalue weighted by atomic mass is 19.3. The van der Waals surface area contributed by atoms with Gasteiger partial charge in [-0.15, -0.1) is 0 Å². The number of morpholine rings is 1. The molecule has 1 spiro atoms. The van der Waals surface area contributed by atoms with Gasteiger partial charge in [0.1, 0.15) is 6.09 Å². The Balaban J connectivity index is 1.98. The number of amides is 1. The zero-order valence-corrected chi connectivity index (χ0v) is 8.67. The predicted molar refractivity (Wildman–Crippen MR) is 47.8 cm³/mol. The first kappa shape index (κ1) is 11.5. The van der Waals surface area contributed by atoms with E-state index < -0.39 is 24.3 Å². The molecule has 2 aliphatic heterocycles. The van der Waals surface area contributed by atoms with Crippen molar-refractivity contribution in [2.75, 3.05) is 26.2 Å². The maximum atomic E-state index is 13.1. The molecule has 2 rings (SSSR count). The van der Waals surface area contributed by atoms with Crippen molar-refractivity contribution < 1.29 is 23.4 Å². The van der Waals surface area contributed by atoms with Crippen molar-refractivity contribution in [1.29, 1.82) is 0 Å². The van der Waals surface area contributed by atoms with Gasteiger partial charge in [-0.25, -0.2) is 0 Å². The van der Waals surface area contributed by atoms with Crippen LogP contribution in [-0.2, 0) is 4.74 Å². The van der Waals surface area contributed by atoms with Crippen LogP contribution in [0.2, 0.25) is 0 Å². The van der Waals surface area contributed by atoms with Crippen molar-refractivity contribution in [2.24, 2.45) is 0 Å². The summed E-state index contributed by atoms with van der Waals surface area (Å²) in [5.41, 5.74) is -0.937. The Kier molecular flexibility index (Phi) is 2.75. The first-order valence-corrected chi connectivity index (χ1v) is 5.17. The number of hydrogen-bond donors (Lipinski definition) is 1.